The number of aryl methyl sites for hydroxylation is 1. The predicted molar refractivity (Wildman–Crippen MR) is 89.9 cm³/mol. The fourth-order valence-electron chi connectivity index (χ4n) is 3.49. The van der Waals surface area contributed by atoms with Crippen LogP contribution in [-0.2, 0) is 17.1 Å². The van der Waals surface area contributed by atoms with Gasteiger partial charge >= 0.3 is 0 Å². The molecule has 3 heterocycles. The number of para-hydroxylation sites is 1. The van der Waals surface area contributed by atoms with Crippen LogP contribution in [0.1, 0.15) is 31.0 Å². The van der Waals surface area contributed by atoms with E-state index in [2.05, 4.69) is 5.10 Å². The second-order valence-electron chi connectivity index (χ2n) is 6.10. The Morgan fingerprint density at radius 1 is 1.21 bits per heavy atom. The van der Waals surface area contributed by atoms with E-state index in [0.717, 1.165) is 30.3 Å². The SMILES string of the molecule is Cn1nccc1[C@H]1CCCCN1S(=O)(=O)c1cccc2ccoc12. The Kier molecular flexibility index (Phi) is 3.69. The molecule has 7 heteroatoms. The molecule has 0 radical (unpaired) electrons. The van der Waals surface area contributed by atoms with Gasteiger partial charge in [0.2, 0.25) is 10.0 Å². The molecule has 0 amide bonds. The number of sulfonamides is 1. The summed E-state index contributed by atoms with van der Waals surface area (Å²) in [6, 6.07) is 8.72. The number of hydrogen-bond donors (Lipinski definition) is 0. The first-order chi connectivity index (χ1) is 11.6. The summed E-state index contributed by atoms with van der Waals surface area (Å²) < 4.78 is 35.5. The quantitative estimate of drug-likeness (QED) is 0.731. The molecular weight excluding hydrogens is 326 g/mol. The molecule has 24 heavy (non-hydrogen) atoms. The number of rotatable bonds is 3. The molecule has 1 aliphatic rings. The van der Waals surface area contributed by atoms with E-state index in [4.69, 9.17) is 4.42 Å². The van der Waals surface area contributed by atoms with Gasteiger partial charge in [0.1, 0.15) is 4.90 Å². The standard InChI is InChI=1S/C17H19N3O3S/c1-19-14(8-10-18-19)15-6-2-3-11-20(15)24(21,22)16-7-4-5-13-9-12-23-17(13)16/h4-5,7-10,12,15H,2-3,6,11H2,1H3/t15-/m1/s1. The first kappa shape index (κ1) is 15.4. The maximum absolute atomic E-state index is 13.4. The van der Waals surface area contributed by atoms with E-state index in [9.17, 15) is 8.42 Å². The molecule has 1 atom stereocenters. The summed E-state index contributed by atoms with van der Waals surface area (Å²) in [6.07, 6.45) is 5.90. The monoisotopic (exact) mass is 345 g/mol. The lowest BCUT2D eigenvalue weighted by Crippen LogP contribution is -2.39. The lowest BCUT2D eigenvalue weighted by atomic mass is 10.0. The average molecular weight is 345 g/mol. The zero-order valence-electron chi connectivity index (χ0n) is 13.4. The Labute approximate surface area is 140 Å². The van der Waals surface area contributed by atoms with Crippen LogP contribution in [0.5, 0.6) is 0 Å². The van der Waals surface area contributed by atoms with Crippen molar-refractivity contribution in [3.05, 3.63) is 48.5 Å². The van der Waals surface area contributed by atoms with E-state index in [1.54, 1.807) is 33.4 Å². The second kappa shape index (κ2) is 5.75. The van der Waals surface area contributed by atoms with Gasteiger partial charge in [0.25, 0.3) is 0 Å². The van der Waals surface area contributed by atoms with E-state index < -0.39 is 10.0 Å². The van der Waals surface area contributed by atoms with Gasteiger partial charge in [-0.15, -0.1) is 0 Å². The first-order valence-corrected chi connectivity index (χ1v) is 9.49. The average Bonchev–Trinajstić information content (AvgIpc) is 3.22. The highest BCUT2D eigenvalue weighted by atomic mass is 32.2. The van der Waals surface area contributed by atoms with Crippen molar-refractivity contribution < 1.29 is 12.8 Å². The molecule has 126 valence electrons. The summed E-state index contributed by atoms with van der Waals surface area (Å²) in [7, 11) is -1.80. The Hall–Kier alpha value is -2.12. The molecule has 1 fully saturated rings. The molecular formula is C17H19N3O3S. The number of fused-ring (bicyclic) bond motifs is 1. The normalized spacial score (nSPS) is 19.8. The van der Waals surface area contributed by atoms with E-state index >= 15 is 0 Å². The van der Waals surface area contributed by atoms with Gasteiger partial charge in [-0.25, -0.2) is 8.42 Å². The molecule has 0 spiro atoms. The van der Waals surface area contributed by atoms with Crippen LogP contribution in [0.4, 0.5) is 0 Å². The fourth-order valence-corrected chi connectivity index (χ4v) is 5.32. The minimum atomic E-state index is -3.65. The van der Waals surface area contributed by atoms with Crippen LogP contribution in [0.2, 0.25) is 0 Å². The fraction of sp³-hybridized carbons (Fsp3) is 0.353. The van der Waals surface area contributed by atoms with Gasteiger partial charge in [0.15, 0.2) is 5.58 Å². The lowest BCUT2D eigenvalue weighted by Gasteiger charge is -2.34. The van der Waals surface area contributed by atoms with Crippen molar-refractivity contribution in [2.75, 3.05) is 6.54 Å². The van der Waals surface area contributed by atoms with E-state index in [1.807, 2.05) is 19.2 Å². The summed E-state index contributed by atoms with van der Waals surface area (Å²) in [5.74, 6) is 0. The van der Waals surface area contributed by atoms with Gasteiger partial charge in [-0.05, 0) is 31.0 Å². The molecule has 0 saturated carbocycles. The summed E-state index contributed by atoms with van der Waals surface area (Å²) >= 11 is 0. The molecule has 6 nitrogen and oxygen atoms in total. The van der Waals surface area contributed by atoms with Gasteiger partial charge in [0, 0.05) is 25.2 Å². The summed E-state index contributed by atoms with van der Waals surface area (Å²) in [6.45, 7) is 0.509. The third-order valence-electron chi connectivity index (χ3n) is 4.68. The molecule has 3 aromatic rings. The van der Waals surface area contributed by atoms with Crippen molar-refractivity contribution in [3.8, 4) is 0 Å². The number of aromatic nitrogens is 2. The van der Waals surface area contributed by atoms with Crippen LogP contribution >= 0.6 is 0 Å². The maximum Gasteiger partial charge on any atom is 0.247 e. The van der Waals surface area contributed by atoms with E-state index in [-0.39, 0.29) is 10.9 Å². The molecule has 0 aliphatic carbocycles. The van der Waals surface area contributed by atoms with Crippen molar-refractivity contribution in [2.24, 2.45) is 7.05 Å². The topological polar surface area (TPSA) is 68.3 Å². The third kappa shape index (κ3) is 2.35. The first-order valence-electron chi connectivity index (χ1n) is 8.05. The van der Waals surface area contributed by atoms with Gasteiger partial charge in [-0.1, -0.05) is 18.6 Å². The highest BCUT2D eigenvalue weighted by Gasteiger charge is 2.37. The molecule has 2 aromatic heterocycles. The van der Waals surface area contributed by atoms with Gasteiger partial charge < -0.3 is 4.42 Å². The molecule has 0 N–H and O–H groups in total. The van der Waals surface area contributed by atoms with Crippen LogP contribution in [0.3, 0.4) is 0 Å². The zero-order valence-corrected chi connectivity index (χ0v) is 14.2. The zero-order chi connectivity index (χ0) is 16.7. The van der Waals surface area contributed by atoms with Crippen molar-refractivity contribution in [1.29, 1.82) is 0 Å². The molecule has 1 aliphatic heterocycles. The molecule has 0 bridgehead atoms. The van der Waals surface area contributed by atoms with E-state index in [0.29, 0.717) is 12.1 Å². The Bertz CT molecular complexity index is 974. The molecule has 1 aromatic carbocycles. The van der Waals surface area contributed by atoms with Crippen LogP contribution in [0, 0.1) is 0 Å². The van der Waals surface area contributed by atoms with Crippen LogP contribution in [-0.4, -0.2) is 29.0 Å². The van der Waals surface area contributed by atoms with Gasteiger partial charge in [-0.2, -0.15) is 9.40 Å². The largest absolute Gasteiger partial charge is 0.463 e. The summed E-state index contributed by atoms with van der Waals surface area (Å²) in [4.78, 5) is 0.235. The minimum absolute atomic E-state index is 0.193. The van der Waals surface area contributed by atoms with Gasteiger partial charge in [-0.3, -0.25) is 4.68 Å². The maximum atomic E-state index is 13.4. The third-order valence-corrected chi connectivity index (χ3v) is 6.62. The van der Waals surface area contributed by atoms with E-state index in [1.165, 1.54) is 6.26 Å². The highest BCUT2D eigenvalue weighted by Crippen LogP contribution is 2.37. The van der Waals surface area contributed by atoms with Crippen molar-refractivity contribution in [1.82, 2.24) is 14.1 Å². The van der Waals surface area contributed by atoms with Crippen molar-refractivity contribution in [3.63, 3.8) is 0 Å². The molecule has 1 saturated heterocycles. The van der Waals surface area contributed by atoms with Gasteiger partial charge in [0.05, 0.1) is 18.0 Å². The number of piperidine rings is 1. The Morgan fingerprint density at radius 2 is 2.08 bits per heavy atom. The van der Waals surface area contributed by atoms with Crippen LogP contribution in [0.15, 0.2) is 52.1 Å². The number of hydrogen-bond acceptors (Lipinski definition) is 4. The summed E-state index contributed by atoms with van der Waals surface area (Å²) in [5.41, 5.74) is 1.34. The minimum Gasteiger partial charge on any atom is -0.463 e. The second-order valence-corrected chi connectivity index (χ2v) is 7.96. The van der Waals surface area contributed by atoms with Crippen molar-refractivity contribution >= 4 is 21.0 Å². The summed E-state index contributed by atoms with van der Waals surface area (Å²) in [5, 5.41) is 5.00. The predicted octanol–water partition coefficient (Wildman–Crippen LogP) is 3.08. The van der Waals surface area contributed by atoms with Crippen LogP contribution < -0.4 is 0 Å². The van der Waals surface area contributed by atoms with Crippen molar-refractivity contribution in [2.45, 2.75) is 30.2 Å². The number of benzene rings is 1. The Morgan fingerprint density at radius 3 is 2.88 bits per heavy atom. The number of nitrogens with zero attached hydrogens (tertiary/aromatic N) is 3. The number of furan rings is 1. The highest BCUT2D eigenvalue weighted by molar-refractivity contribution is 7.89. The molecule has 4 rings (SSSR count). The smallest absolute Gasteiger partial charge is 0.247 e. The molecule has 0 unspecified atom stereocenters. The lowest BCUT2D eigenvalue weighted by molar-refractivity contribution is 0.246. The Balaban J connectivity index is 1.82. The van der Waals surface area contributed by atoms with Crippen LogP contribution in [0.25, 0.3) is 11.0 Å².